The number of carboxylic acid groups (broad SMARTS) is 1. The lowest BCUT2D eigenvalue weighted by atomic mass is 10.2. The van der Waals surface area contributed by atoms with Gasteiger partial charge >= 0.3 is 11.9 Å². The van der Waals surface area contributed by atoms with E-state index < -0.39 is 24.4 Å². The Balaban J connectivity index is 0.000000335. The molecule has 6 heteroatoms. The molecule has 1 aromatic carbocycles. The average Bonchev–Trinajstić information content (AvgIpc) is 2.55. The van der Waals surface area contributed by atoms with Gasteiger partial charge in [-0.15, -0.1) is 0 Å². The molecule has 0 aliphatic heterocycles. The number of esters is 1. The summed E-state index contributed by atoms with van der Waals surface area (Å²) in [6, 6.07) is 13.7. The molecule has 1 atom stereocenters. The molecule has 0 bridgehead atoms. The highest BCUT2D eigenvalue weighted by atomic mass is 16.5. The summed E-state index contributed by atoms with van der Waals surface area (Å²) in [5.74, 6) is -1.82. The molecule has 0 amide bonds. The van der Waals surface area contributed by atoms with Crippen molar-refractivity contribution in [2.45, 2.75) is 19.1 Å². The smallest absolute Gasteiger partial charge is 0.323 e. The average molecular weight is 302 g/mol. The summed E-state index contributed by atoms with van der Waals surface area (Å²) in [5, 5.41) is 8.43. The van der Waals surface area contributed by atoms with Gasteiger partial charge in [0.1, 0.15) is 12.6 Å². The van der Waals surface area contributed by atoms with E-state index in [0.717, 1.165) is 5.56 Å². The van der Waals surface area contributed by atoms with E-state index in [-0.39, 0.29) is 6.61 Å². The number of hydrogen-bond donors (Lipinski definition) is 2. The van der Waals surface area contributed by atoms with Crippen molar-refractivity contribution in [1.29, 1.82) is 0 Å². The first-order valence-electron chi connectivity index (χ1n) is 6.62. The molecule has 1 unspecified atom stereocenters. The Kier molecular flexibility index (Phi) is 7.92. The zero-order chi connectivity index (χ0) is 16.2. The van der Waals surface area contributed by atoms with Crippen molar-refractivity contribution in [3.8, 4) is 0 Å². The van der Waals surface area contributed by atoms with Crippen LogP contribution in [0.15, 0.2) is 60.9 Å². The molecule has 0 aliphatic carbocycles. The second-order valence-corrected chi connectivity index (χ2v) is 4.32. The number of aliphatic carboxylic acids is 1. The van der Waals surface area contributed by atoms with Crippen molar-refractivity contribution < 1.29 is 19.4 Å². The van der Waals surface area contributed by atoms with Gasteiger partial charge in [0.2, 0.25) is 0 Å². The second kappa shape index (κ2) is 10.1. The lowest BCUT2D eigenvalue weighted by molar-refractivity contribution is -0.150. The number of nitrogens with zero attached hydrogens (tertiary/aromatic N) is 1. The fourth-order valence-electron chi connectivity index (χ4n) is 1.42. The van der Waals surface area contributed by atoms with E-state index in [0.29, 0.717) is 0 Å². The number of ether oxygens (including phenoxy) is 1. The van der Waals surface area contributed by atoms with Gasteiger partial charge in [-0.3, -0.25) is 14.6 Å². The van der Waals surface area contributed by atoms with Crippen LogP contribution in [0.3, 0.4) is 0 Å². The molecule has 6 nitrogen and oxygen atoms in total. The minimum atomic E-state index is -1.12. The molecule has 0 saturated heterocycles. The van der Waals surface area contributed by atoms with Crippen LogP contribution >= 0.6 is 0 Å². The normalized spacial score (nSPS) is 10.8. The summed E-state index contributed by atoms with van der Waals surface area (Å²) >= 11 is 0. The molecule has 1 heterocycles. The first kappa shape index (κ1) is 17.3. The Morgan fingerprint density at radius 3 is 2.14 bits per heavy atom. The topological polar surface area (TPSA) is 103 Å². The van der Waals surface area contributed by atoms with Gasteiger partial charge in [-0.2, -0.15) is 0 Å². The van der Waals surface area contributed by atoms with Gasteiger partial charge < -0.3 is 15.6 Å². The Hall–Kier alpha value is -2.73. The maximum atomic E-state index is 11.2. The number of pyridine rings is 1. The number of carboxylic acids is 1. The lowest BCUT2D eigenvalue weighted by Gasteiger charge is -2.09. The number of aromatic nitrogens is 1. The van der Waals surface area contributed by atoms with Crippen LogP contribution in [0.5, 0.6) is 0 Å². The molecule has 0 saturated carbocycles. The van der Waals surface area contributed by atoms with Crippen molar-refractivity contribution in [2.75, 3.05) is 0 Å². The predicted octanol–water partition coefficient (Wildman–Crippen LogP) is 1.61. The minimum Gasteiger partial charge on any atom is -0.481 e. The molecule has 0 spiro atoms. The van der Waals surface area contributed by atoms with Crippen molar-refractivity contribution >= 4 is 11.9 Å². The van der Waals surface area contributed by atoms with E-state index in [9.17, 15) is 9.59 Å². The van der Waals surface area contributed by atoms with Crippen molar-refractivity contribution in [3.63, 3.8) is 0 Å². The summed E-state index contributed by atoms with van der Waals surface area (Å²) in [6.45, 7) is 0.104. The molecule has 116 valence electrons. The molecular formula is C16H18N2O4. The predicted molar refractivity (Wildman–Crippen MR) is 80.7 cm³/mol. The SMILES string of the molecule is NC(CC(=O)O)C(=O)OCc1ccccc1.c1ccncc1. The van der Waals surface area contributed by atoms with Crippen LogP contribution in [0, 0.1) is 0 Å². The second-order valence-electron chi connectivity index (χ2n) is 4.32. The summed E-state index contributed by atoms with van der Waals surface area (Å²) in [7, 11) is 0. The number of carbonyl (C=O) groups excluding carboxylic acids is 1. The first-order valence-corrected chi connectivity index (χ1v) is 6.62. The van der Waals surface area contributed by atoms with E-state index in [1.165, 1.54) is 0 Å². The first-order chi connectivity index (χ1) is 10.6. The number of nitrogens with two attached hydrogens (primary N) is 1. The number of benzene rings is 1. The highest BCUT2D eigenvalue weighted by Gasteiger charge is 2.18. The number of carbonyl (C=O) groups is 2. The molecule has 2 aromatic rings. The molecule has 0 aliphatic rings. The molecular weight excluding hydrogens is 284 g/mol. The minimum absolute atomic E-state index is 0.104. The molecule has 2 rings (SSSR count). The molecule has 3 N–H and O–H groups in total. The Bertz CT molecular complexity index is 534. The van der Waals surface area contributed by atoms with E-state index in [4.69, 9.17) is 15.6 Å². The van der Waals surface area contributed by atoms with Crippen LogP contribution in [0.2, 0.25) is 0 Å². The van der Waals surface area contributed by atoms with Crippen LogP contribution in [0.4, 0.5) is 0 Å². The molecule has 22 heavy (non-hydrogen) atoms. The van der Waals surface area contributed by atoms with Crippen LogP contribution in [-0.2, 0) is 20.9 Å². The number of hydrogen-bond acceptors (Lipinski definition) is 5. The standard InChI is InChI=1S/C11H13NO4.C5H5N/c12-9(6-10(13)14)11(15)16-7-8-4-2-1-3-5-8;1-2-4-6-5-3-1/h1-5,9H,6-7,12H2,(H,13,14);1-5H. The lowest BCUT2D eigenvalue weighted by Crippen LogP contribution is -2.34. The number of rotatable bonds is 5. The summed E-state index contributed by atoms with van der Waals surface area (Å²) in [6.07, 6.45) is 3.08. The van der Waals surface area contributed by atoms with E-state index >= 15 is 0 Å². The molecule has 1 aromatic heterocycles. The van der Waals surface area contributed by atoms with Gasteiger partial charge in [0.15, 0.2) is 0 Å². The maximum absolute atomic E-state index is 11.2. The van der Waals surface area contributed by atoms with Crippen molar-refractivity contribution in [1.82, 2.24) is 4.98 Å². The fraction of sp³-hybridized carbons (Fsp3) is 0.188. The molecule has 0 radical (unpaired) electrons. The summed E-state index contributed by atoms with van der Waals surface area (Å²) < 4.78 is 4.86. The third kappa shape index (κ3) is 7.76. The summed E-state index contributed by atoms with van der Waals surface area (Å²) in [4.78, 5) is 25.3. The fourth-order valence-corrected chi connectivity index (χ4v) is 1.42. The third-order valence-corrected chi connectivity index (χ3v) is 2.49. The van der Waals surface area contributed by atoms with Gasteiger partial charge in [-0.1, -0.05) is 36.4 Å². The summed E-state index contributed by atoms with van der Waals surface area (Å²) in [5.41, 5.74) is 6.16. The maximum Gasteiger partial charge on any atom is 0.323 e. The van der Waals surface area contributed by atoms with Crippen LogP contribution in [0.25, 0.3) is 0 Å². The quantitative estimate of drug-likeness (QED) is 0.813. The Labute approximate surface area is 128 Å². The van der Waals surface area contributed by atoms with E-state index in [1.807, 2.05) is 36.4 Å². The Morgan fingerprint density at radius 2 is 1.68 bits per heavy atom. The van der Waals surface area contributed by atoms with Crippen LogP contribution in [0.1, 0.15) is 12.0 Å². The van der Waals surface area contributed by atoms with Gasteiger partial charge in [-0.25, -0.2) is 0 Å². The van der Waals surface area contributed by atoms with Crippen LogP contribution in [-0.4, -0.2) is 28.1 Å². The largest absolute Gasteiger partial charge is 0.481 e. The van der Waals surface area contributed by atoms with Gasteiger partial charge in [0.25, 0.3) is 0 Å². The Morgan fingerprint density at radius 1 is 1.09 bits per heavy atom. The zero-order valence-electron chi connectivity index (χ0n) is 12.0. The van der Waals surface area contributed by atoms with Crippen molar-refractivity contribution in [2.24, 2.45) is 5.73 Å². The monoisotopic (exact) mass is 302 g/mol. The van der Waals surface area contributed by atoms with E-state index in [1.54, 1.807) is 24.5 Å². The third-order valence-electron chi connectivity index (χ3n) is 2.49. The van der Waals surface area contributed by atoms with Crippen LogP contribution < -0.4 is 5.73 Å². The van der Waals surface area contributed by atoms with Gasteiger partial charge in [0, 0.05) is 12.4 Å². The van der Waals surface area contributed by atoms with Gasteiger partial charge in [-0.05, 0) is 17.7 Å². The molecule has 0 fully saturated rings. The van der Waals surface area contributed by atoms with E-state index in [2.05, 4.69) is 4.98 Å². The highest BCUT2D eigenvalue weighted by molar-refractivity contribution is 5.81. The highest BCUT2D eigenvalue weighted by Crippen LogP contribution is 2.02. The van der Waals surface area contributed by atoms with Gasteiger partial charge in [0.05, 0.1) is 6.42 Å². The van der Waals surface area contributed by atoms with Crippen molar-refractivity contribution in [3.05, 3.63) is 66.5 Å². The zero-order valence-corrected chi connectivity index (χ0v) is 12.0.